The fourth-order valence-corrected chi connectivity index (χ4v) is 3.10. The molecule has 4 heteroatoms. The number of nitrogens with one attached hydrogen (secondary N) is 1. The van der Waals surface area contributed by atoms with E-state index < -0.39 is 0 Å². The number of nitrogens with zero attached hydrogens (tertiary/aromatic N) is 1. The minimum atomic E-state index is -0.197. The first kappa shape index (κ1) is 16.1. The molecule has 4 rings (SSSR count). The van der Waals surface area contributed by atoms with E-state index in [-0.39, 0.29) is 12.5 Å². The lowest BCUT2D eigenvalue weighted by Crippen LogP contribution is -2.26. The first-order valence-corrected chi connectivity index (χ1v) is 8.53. The molecule has 0 aromatic heterocycles. The number of amides is 1. The summed E-state index contributed by atoms with van der Waals surface area (Å²) in [7, 11) is 0. The minimum absolute atomic E-state index is 0.110. The first-order valence-electron chi connectivity index (χ1n) is 8.53. The van der Waals surface area contributed by atoms with Gasteiger partial charge in [-0.15, -0.1) is 0 Å². The second-order valence-electron chi connectivity index (χ2n) is 6.07. The summed E-state index contributed by atoms with van der Waals surface area (Å²) in [6, 6.07) is 25.9. The maximum absolute atomic E-state index is 12.0. The molecule has 128 valence electrons. The largest absolute Gasteiger partial charge is 0.385 e. The van der Waals surface area contributed by atoms with E-state index in [0.717, 1.165) is 33.5 Å². The van der Waals surface area contributed by atoms with Crippen LogP contribution in [-0.2, 0) is 16.2 Å². The normalized spacial score (nSPS) is 11.5. The van der Waals surface area contributed by atoms with Gasteiger partial charge in [-0.3, -0.25) is 4.79 Å². The molecule has 0 radical (unpaired) electrons. The molecule has 3 aromatic rings. The molecule has 1 amide bonds. The Morgan fingerprint density at radius 3 is 1.92 bits per heavy atom. The average molecular weight is 342 g/mol. The van der Waals surface area contributed by atoms with Crippen LogP contribution in [0.4, 0.5) is 0 Å². The third kappa shape index (κ3) is 3.22. The molecule has 0 fully saturated rings. The van der Waals surface area contributed by atoms with Crippen LogP contribution in [0.15, 0.2) is 84.0 Å². The molecule has 0 bridgehead atoms. The van der Waals surface area contributed by atoms with Crippen molar-refractivity contribution in [2.24, 2.45) is 5.16 Å². The second kappa shape index (κ2) is 7.23. The molecule has 0 unspecified atom stereocenters. The van der Waals surface area contributed by atoms with E-state index in [0.29, 0.717) is 6.54 Å². The van der Waals surface area contributed by atoms with E-state index in [4.69, 9.17) is 4.84 Å². The number of carbonyl (C=O) groups excluding carboxylic acids is 1. The zero-order chi connectivity index (χ0) is 17.8. The third-order valence-corrected chi connectivity index (χ3v) is 4.34. The van der Waals surface area contributed by atoms with Crippen molar-refractivity contribution in [1.82, 2.24) is 5.32 Å². The Bertz CT molecular complexity index is 917. The van der Waals surface area contributed by atoms with Crippen molar-refractivity contribution in [3.63, 3.8) is 0 Å². The quantitative estimate of drug-likeness (QED) is 0.562. The summed E-state index contributed by atoms with van der Waals surface area (Å²) < 4.78 is 0. The first-order chi connectivity index (χ1) is 12.8. The highest BCUT2D eigenvalue weighted by Crippen LogP contribution is 2.36. The van der Waals surface area contributed by atoms with Crippen molar-refractivity contribution < 1.29 is 9.63 Å². The van der Waals surface area contributed by atoms with Gasteiger partial charge < -0.3 is 10.2 Å². The molecule has 4 nitrogen and oxygen atoms in total. The summed E-state index contributed by atoms with van der Waals surface area (Å²) >= 11 is 0. The Hall–Kier alpha value is -3.40. The van der Waals surface area contributed by atoms with Crippen LogP contribution in [0.2, 0.25) is 0 Å². The minimum Gasteiger partial charge on any atom is -0.385 e. The van der Waals surface area contributed by atoms with Crippen LogP contribution in [0.5, 0.6) is 0 Å². The predicted octanol–water partition coefficient (Wildman–Crippen LogP) is 3.75. The van der Waals surface area contributed by atoms with Gasteiger partial charge in [0.25, 0.3) is 5.91 Å². The van der Waals surface area contributed by atoms with E-state index >= 15 is 0 Å². The Balaban J connectivity index is 1.43. The predicted molar refractivity (Wildman–Crippen MR) is 102 cm³/mol. The van der Waals surface area contributed by atoms with Crippen LogP contribution >= 0.6 is 0 Å². The number of oxime groups is 1. The van der Waals surface area contributed by atoms with Crippen molar-refractivity contribution in [3.05, 3.63) is 95.6 Å². The van der Waals surface area contributed by atoms with Gasteiger partial charge in [0.15, 0.2) is 6.61 Å². The lowest BCUT2D eigenvalue weighted by molar-refractivity contribution is -0.125. The lowest BCUT2D eigenvalue weighted by atomic mass is 10.1. The molecule has 0 aliphatic heterocycles. The van der Waals surface area contributed by atoms with Gasteiger partial charge >= 0.3 is 0 Å². The summed E-state index contributed by atoms with van der Waals surface area (Å²) in [6.45, 7) is 0.367. The van der Waals surface area contributed by atoms with Crippen molar-refractivity contribution >= 4 is 11.6 Å². The maximum Gasteiger partial charge on any atom is 0.261 e. The third-order valence-electron chi connectivity index (χ3n) is 4.34. The fourth-order valence-electron chi connectivity index (χ4n) is 3.10. The van der Waals surface area contributed by atoms with Crippen molar-refractivity contribution in [2.45, 2.75) is 6.54 Å². The highest BCUT2D eigenvalue weighted by molar-refractivity contribution is 6.24. The number of fused-ring (bicyclic) bond motifs is 3. The topological polar surface area (TPSA) is 50.7 Å². The fraction of sp³-hybridized carbons (Fsp3) is 0.0909. The molecular weight excluding hydrogens is 324 g/mol. The van der Waals surface area contributed by atoms with E-state index in [1.54, 1.807) is 0 Å². The molecule has 0 atom stereocenters. The van der Waals surface area contributed by atoms with E-state index in [1.807, 2.05) is 66.7 Å². The van der Waals surface area contributed by atoms with Gasteiger partial charge in [0.05, 0.1) is 0 Å². The van der Waals surface area contributed by atoms with Crippen LogP contribution < -0.4 is 5.32 Å². The van der Waals surface area contributed by atoms with Crippen molar-refractivity contribution in [2.75, 3.05) is 6.61 Å². The van der Waals surface area contributed by atoms with Gasteiger partial charge in [0, 0.05) is 17.7 Å². The van der Waals surface area contributed by atoms with Gasteiger partial charge in [-0.2, -0.15) is 0 Å². The van der Waals surface area contributed by atoms with Crippen LogP contribution in [0.1, 0.15) is 16.7 Å². The number of hydrogen-bond donors (Lipinski definition) is 1. The molecule has 0 heterocycles. The molecule has 3 aromatic carbocycles. The molecular formula is C22H18N2O2. The smallest absolute Gasteiger partial charge is 0.261 e. The average Bonchev–Trinajstić information content (AvgIpc) is 3.02. The van der Waals surface area contributed by atoms with Gasteiger partial charge in [0.1, 0.15) is 5.71 Å². The number of carbonyl (C=O) groups is 1. The molecule has 1 aliphatic rings. The Morgan fingerprint density at radius 2 is 1.31 bits per heavy atom. The van der Waals surface area contributed by atoms with Gasteiger partial charge in [-0.05, 0) is 16.7 Å². The summed E-state index contributed by atoms with van der Waals surface area (Å²) in [4.78, 5) is 17.3. The second-order valence-corrected chi connectivity index (χ2v) is 6.07. The zero-order valence-electron chi connectivity index (χ0n) is 14.2. The Morgan fingerprint density at radius 1 is 0.769 bits per heavy atom. The summed E-state index contributed by atoms with van der Waals surface area (Å²) in [5, 5.41) is 7.09. The molecule has 0 saturated heterocycles. The van der Waals surface area contributed by atoms with Crippen LogP contribution in [-0.4, -0.2) is 18.2 Å². The maximum atomic E-state index is 12.0. The highest BCUT2D eigenvalue weighted by Gasteiger charge is 2.24. The molecule has 0 saturated carbocycles. The van der Waals surface area contributed by atoms with E-state index in [2.05, 4.69) is 22.6 Å². The Kier molecular flexibility index (Phi) is 4.48. The zero-order valence-corrected chi connectivity index (χ0v) is 14.2. The molecule has 1 aliphatic carbocycles. The number of hydrogen-bond acceptors (Lipinski definition) is 3. The summed E-state index contributed by atoms with van der Waals surface area (Å²) in [6.07, 6.45) is 0. The standard InChI is InChI=1S/C22H18N2O2/c25-21(23-14-16-8-2-1-3-9-16)15-26-24-22-19-12-6-4-10-17(19)18-11-5-7-13-20(18)22/h1-13H,14-15H2,(H,23,25). The molecule has 1 N–H and O–H groups in total. The van der Waals surface area contributed by atoms with Gasteiger partial charge in [-0.1, -0.05) is 84.0 Å². The highest BCUT2D eigenvalue weighted by atomic mass is 16.6. The van der Waals surface area contributed by atoms with Crippen LogP contribution in [0.25, 0.3) is 11.1 Å². The SMILES string of the molecule is O=C(CON=C1c2ccccc2-c2ccccc21)NCc1ccccc1. The van der Waals surface area contributed by atoms with E-state index in [9.17, 15) is 4.79 Å². The number of rotatable bonds is 5. The monoisotopic (exact) mass is 342 g/mol. The van der Waals surface area contributed by atoms with Gasteiger partial charge in [0.2, 0.25) is 0 Å². The van der Waals surface area contributed by atoms with Crippen LogP contribution in [0.3, 0.4) is 0 Å². The Labute approximate surface area is 152 Å². The number of benzene rings is 3. The van der Waals surface area contributed by atoms with E-state index in [1.165, 1.54) is 0 Å². The van der Waals surface area contributed by atoms with Crippen molar-refractivity contribution in [1.29, 1.82) is 0 Å². The molecule has 26 heavy (non-hydrogen) atoms. The van der Waals surface area contributed by atoms with Gasteiger partial charge in [-0.25, -0.2) is 0 Å². The molecule has 0 spiro atoms. The van der Waals surface area contributed by atoms with Crippen LogP contribution in [0, 0.1) is 0 Å². The summed E-state index contributed by atoms with van der Waals surface area (Å²) in [5.74, 6) is -0.197. The summed E-state index contributed by atoms with van der Waals surface area (Å²) in [5.41, 5.74) is 6.15. The lowest BCUT2D eigenvalue weighted by Gasteiger charge is -2.05. The van der Waals surface area contributed by atoms with Crippen molar-refractivity contribution in [3.8, 4) is 11.1 Å².